The number of hydrogen-bond donors (Lipinski definition) is 2. The summed E-state index contributed by atoms with van der Waals surface area (Å²) in [6.45, 7) is 4.57. The molecule has 0 aromatic carbocycles. The summed E-state index contributed by atoms with van der Waals surface area (Å²) in [6.07, 6.45) is 5.49. The molecule has 0 saturated carbocycles. The average Bonchev–Trinajstić information content (AvgIpc) is 2.82. The van der Waals surface area contributed by atoms with E-state index in [0.717, 1.165) is 29.8 Å². The number of anilines is 2. The van der Waals surface area contributed by atoms with Gasteiger partial charge in [0.25, 0.3) is 0 Å². The van der Waals surface area contributed by atoms with Gasteiger partial charge < -0.3 is 16.0 Å². The van der Waals surface area contributed by atoms with Crippen molar-refractivity contribution in [3.05, 3.63) is 10.7 Å². The summed E-state index contributed by atoms with van der Waals surface area (Å²) in [5.41, 5.74) is 5.54. The first-order valence-electron chi connectivity index (χ1n) is 6.00. The number of rotatable bonds is 5. The van der Waals surface area contributed by atoms with Gasteiger partial charge in [-0.1, -0.05) is 0 Å². The summed E-state index contributed by atoms with van der Waals surface area (Å²) in [4.78, 5) is 10.5. The lowest BCUT2D eigenvalue weighted by Gasteiger charge is -2.14. The van der Waals surface area contributed by atoms with Crippen molar-refractivity contribution >= 4 is 27.7 Å². The van der Waals surface area contributed by atoms with Crippen LogP contribution in [0.5, 0.6) is 0 Å². The normalized spacial score (nSPS) is 16.3. The molecule has 3 N–H and O–H groups in total. The Bertz CT molecular complexity index is 365. The minimum Gasteiger partial charge on any atom is -0.369 e. The van der Waals surface area contributed by atoms with Gasteiger partial charge in [0.2, 0.25) is 5.95 Å². The summed E-state index contributed by atoms with van der Waals surface area (Å²) < 4.78 is 0.855. The van der Waals surface area contributed by atoms with Crippen LogP contribution in [0, 0.1) is 0 Å². The number of aromatic nitrogens is 2. The van der Waals surface area contributed by atoms with Crippen LogP contribution in [0.15, 0.2) is 10.7 Å². The first-order valence-corrected chi connectivity index (χ1v) is 6.79. The molecule has 1 aliphatic rings. The van der Waals surface area contributed by atoms with Crippen LogP contribution in [0.2, 0.25) is 0 Å². The number of nitrogens with two attached hydrogens (primary N) is 1. The third-order valence-corrected chi connectivity index (χ3v) is 3.49. The average molecular weight is 300 g/mol. The fraction of sp³-hybridized carbons (Fsp3) is 0.636. The molecule has 0 bridgehead atoms. The summed E-state index contributed by atoms with van der Waals surface area (Å²) in [5, 5.41) is 3.27. The molecule has 2 rings (SSSR count). The summed E-state index contributed by atoms with van der Waals surface area (Å²) in [5.74, 6) is 1.08. The van der Waals surface area contributed by atoms with Crippen molar-refractivity contribution in [1.29, 1.82) is 0 Å². The Hall–Kier alpha value is -0.880. The van der Waals surface area contributed by atoms with Crippen LogP contribution in [0.25, 0.3) is 0 Å². The van der Waals surface area contributed by atoms with E-state index in [2.05, 4.69) is 36.1 Å². The number of nitrogens with zero attached hydrogens (tertiary/aromatic N) is 3. The zero-order chi connectivity index (χ0) is 12.1. The SMILES string of the molecule is Nc1ncc(Br)c(NCCCN2CCCC2)n1. The van der Waals surface area contributed by atoms with E-state index in [-0.39, 0.29) is 0 Å². The molecule has 5 nitrogen and oxygen atoms in total. The van der Waals surface area contributed by atoms with Crippen LogP contribution < -0.4 is 11.1 Å². The Morgan fingerprint density at radius 3 is 2.94 bits per heavy atom. The first kappa shape index (κ1) is 12.6. The maximum absolute atomic E-state index is 5.54. The zero-order valence-corrected chi connectivity index (χ0v) is 11.4. The predicted octanol–water partition coefficient (Wildman–Crippen LogP) is 1.72. The topological polar surface area (TPSA) is 67.1 Å². The van der Waals surface area contributed by atoms with Gasteiger partial charge in [0.1, 0.15) is 5.82 Å². The van der Waals surface area contributed by atoms with Crippen LogP contribution >= 0.6 is 15.9 Å². The van der Waals surface area contributed by atoms with Gasteiger partial charge in [-0.05, 0) is 54.8 Å². The molecule has 1 saturated heterocycles. The van der Waals surface area contributed by atoms with Gasteiger partial charge in [0, 0.05) is 12.7 Å². The van der Waals surface area contributed by atoms with Crippen molar-refractivity contribution in [3.63, 3.8) is 0 Å². The monoisotopic (exact) mass is 299 g/mol. The van der Waals surface area contributed by atoms with Gasteiger partial charge in [-0.3, -0.25) is 0 Å². The number of nitrogens with one attached hydrogen (secondary N) is 1. The molecule has 0 radical (unpaired) electrons. The standard InChI is InChI=1S/C11H18BrN5/c12-9-8-15-11(13)16-10(9)14-4-3-7-17-5-1-2-6-17/h8H,1-7H2,(H3,13,14,15,16). The van der Waals surface area contributed by atoms with Crippen LogP contribution in [0.3, 0.4) is 0 Å². The van der Waals surface area contributed by atoms with E-state index in [1.165, 1.54) is 25.9 Å². The molecule has 2 heterocycles. The van der Waals surface area contributed by atoms with Crippen molar-refractivity contribution in [1.82, 2.24) is 14.9 Å². The molecule has 0 unspecified atom stereocenters. The lowest BCUT2D eigenvalue weighted by molar-refractivity contribution is 0.337. The summed E-state index contributed by atoms with van der Waals surface area (Å²) in [7, 11) is 0. The molecule has 0 atom stereocenters. The molecule has 1 aromatic rings. The summed E-state index contributed by atoms with van der Waals surface area (Å²) >= 11 is 3.40. The molecule has 1 aliphatic heterocycles. The molecule has 1 fully saturated rings. The molecule has 1 aromatic heterocycles. The van der Waals surface area contributed by atoms with Crippen molar-refractivity contribution in [2.75, 3.05) is 37.2 Å². The lowest BCUT2D eigenvalue weighted by atomic mass is 10.4. The maximum Gasteiger partial charge on any atom is 0.221 e. The maximum atomic E-state index is 5.54. The second-order valence-corrected chi connectivity index (χ2v) is 5.11. The molecule has 0 amide bonds. The third kappa shape index (κ3) is 3.81. The van der Waals surface area contributed by atoms with Gasteiger partial charge in [-0.25, -0.2) is 4.98 Å². The van der Waals surface area contributed by atoms with Crippen molar-refractivity contribution in [2.45, 2.75) is 19.3 Å². The third-order valence-electron chi connectivity index (χ3n) is 2.90. The minimum absolute atomic E-state index is 0.301. The largest absolute Gasteiger partial charge is 0.369 e. The van der Waals surface area contributed by atoms with Crippen molar-refractivity contribution < 1.29 is 0 Å². The number of halogens is 1. The Balaban J connectivity index is 1.72. The Morgan fingerprint density at radius 2 is 2.18 bits per heavy atom. The molecular formula is C11H18BrN5. The van der Waals surface area contributed by atoms with E-state index in [1.807, 2.05) is 0 Å². The highest BCUT2D eigenvalue weighted by molar-refractivity contribution is 9.10. The van der Waals surface area contributed by atoms with Crippen LogP contribution in [0.1, 0.15) is 19.3 Å². The molecule has 0 spiro atoms. The number of likely N-dealkylation sites (tertiary alicyclic amines) is 1. The van der Waals surface area contributed by atoms with Crippen molar-refractivity contribution in [2.24, 2.45) is 0 Å². The molecule has 94 valence electrons. The van der Waals surface area contributed by atoms with Crippen LogP contribution in [-0.4, -0.2) is 41.0 Å². The zero-order valence-electron chi connectivity index (χ0n) is 9.82. The van der Waals surface area contributed by atoms with Gasteiger partial charge in [-0.2, -0.15) is 4.98 Å². The van der Waals surface area contributed by atoms with E-state index in [0.29, 0.717) is 5.95 Å². The quantitative estimate of drug-likeness (QED) is 0.811. The smallest absolute Gasteiger partial charge is 0.221 e. The molecule has 0 aliphatic carbocycles. The highest BCUT2D eigenvalue weighted by atomic mass is 79.9. The fourth-order valence-electron chi connectivity index (χ4n) is 2.02. The lowest BCUT2D eigenvalue weighted by Crippen LogP contribution is -2.22. The van der Waals surface area contributed by atoms with Gasteiger partial charge >= 0.3 is 0 Å². The first-order chi connectivity index (χ1) is 8.25. The van der Waals surface area contributed by atoms with E-state index >= 15 is 0 Å². The summed E-state index contributed by atoms with van der Waals surface area (Å²) in [6, 6.07) is 0. The van der Waals surface area contributed by atoms with Gasteiger partial charge in [-0.15, -0.1) is 0 Å². The predicted molar refractivity (Wildman–Crippen MR) is 72.9 cm³/mol. The molecule has 17 heavy (non-hydrogen) atoms. The fourth-order valence-corrected chi connectivity index (χ4v) is 2.35. The highest BCUT2D eigenvalue weighted by Gasteiger charge is 2.10. The second kappa shape index (κ2) is 6.16. The Morgan fingerprint density at radius 1 is 1.41 bits per heavy atom. The van der Waals surface area contributed by atoms with E-state index in [1.54, 1.807) is 6.20 Å². The Kier molecular flexibility index (Phi) is 4.56. The number of hydrogen-bond acceptors (Lipinski definition) is 5. The van der Waals surface area contributed by atoms with E-state index in [4.69, 9.17) is 5.73 Å². The van der Waals surface area contributed by atoms with Crippen molar-refractivity contribution in [3.8, 4) is 0 Å². The highest BCUT2D eigenvalue weighted by Crippen LogP contribution is 2.19. The second-order valence-electron chi connectivity index (χ2n) is 4.25. The molecule has 6 heteroatoms. The van der Waals surface area contributed by atoms with Gasteiger partial charge in [0.15, 0.2) is 0 Å². The Labute approximate surface area is 110 Å². The van der Waals surface area contributed by atoms with E-state index < -0.39 is 0 Å². The van der Waals surface area contributed by atoms with Crippen LogP contribution in [0.4, 0.5) is 11.8 Å². The molecular weight excluding hydrogens is 282 g/mol. The van der Waals surface area contributed by atoms with E-state index in [9.17, 15) is 0 Å². The van der Waals surface area contributed by atoms with Crippen LogP contribution in [-0.2, 0) is 0 Å². The number of nitrogen functional groups attached to an aromatic ring is 1. The van der Waals surface area contributed by atoms with Gasteiger partial charge in [0.05, 0.1) is 4.47 Å². The minimum atomic E-state index is 0.301.